The van der Waals surface area contributed by atoms with Gasteiger partial charge in [-0.15, -0.1) is 0 Å². The maximum Gasteiger partial charge on any atom is 0.138 e. The van der Waals surface area contributed by atoms with Crippen LogP contribution < -0.4 is 10.1 Å². The van der Waals surface area contributed by atoms with Crippen molar-refractivity contribution in [3.8, 4) is 5.75 Å². The van der Waals surface area contributed by atoms with Gasteiger partial charge in [0.25, 0.3) is 0 Å². The summed E-state index contributed by atoms with van der Waals surface area (Å²) in [5, 5.41) is 22.5. The molecule has 1 rings (SSSR count). The van der Waals surface area contributed by atoms with E-state index in [2.05, 4.69) is 5.32 Å². The summed E-state index contributed by atoms with van der Waals surface area (Å²) in [4.78, 5) is 0. The van der Waals surface area contributed by atoms with Gasteiger partial charge >= 0.3 is 0 Å². The van der Waals surface area contributed by atoms with Crippen LogP contribution in [0.1, 0.15) is 13.8 Å². The lowest BCUT2D eigenvalue weighted by atomic mass is 10.1. The normalized spacial score (nSPS) is 15.8. The second-order valence-corrected chi connectivity index (χ2v) is 5.16. The molecule has 3 atom stereocenters. The maximum absolute atomic E-state index is 9.81. The van der Waals surface area contributed by atoms with E-state index in [-0.39, 0.29) is 25.2 Å². The molecule has 108 valence electrons. The molecule has 5 heteroatoms. The van der Waals surface area contributed by atoms with Gasteiger partial charge in [-0.05, 0) is 25.0 Å². The lowest BCUT2D eigenvalue weighted by Gasteiger charge is -2.21. The van der Waals surface area contributed by atoms with Gasteiger partial charge in [-0.25, -0.2) is 0 Å². The van der Waals surface area contributed by atoms with E-state index in [1.807, 2.05) is 26.0 Å². The van der Waals surface area contributed by atoms with Crippen molar-refractivity contribution in [1.29, 1.82) is 0 Å². The van der Waals surface area contributed by atoms with Crippen molar-refractivity contribution in [3.63, 3.8) is 0 Å². The number of ether oxygens (including phenoxy) is 1. The van der Waals surface area contributed by atoms with Crippen LogP contribution in [0.5, 0.6) is 5.75 Å². The molecule has 0 amide bonds. The van der Waals surface area contributed by atoms with Crippen molar-refractivity contribution in [1.82, 2.24) is 5.32 Å². The third-order valence-corrected chi connectivity index (χ3v) is 3.40. The highest BCUT2D eigenvalue weighted by atomic mass is 35.5. The molecule has 0 aliphatic rings. The molecule has 0 radical (unpaired) electrons. The van der Waals surface area contributed by atoms with E-state index >= 15 is 0 Å². The molecule has 4 nitrogen and oxygen atoms in total. The molecule has 0 aliphatic heterocycles. The van der Waals surface area contributed by atoms with Gasteiger partial charge in [0.15, 0.2) is 0 Å². The van der Waals surface area contributed by atoms with Crippen LogP contribution in [0.2, 0.25) is 5.02 Å². The second kappa shape index (κ2) is 8.38. The van der Waals surface area contributed by atoms with Crippen LogP contribution in [0.3, 0.4) is 0 Å². The van der Waals surface area contributed by atoms with Crippen molar-refractivity contribution < 1.29 is 14.9 Å². The van der Waals surface area contributed by atoms with E-state index in [9.17, 15) is 5.11 Å². The lowest BCUT2D eigenvalue weighted by Crippen LogP contribution is -2.40. The fraction of sp³-hybridized carbons (Fsp3) is 0.571. The van der Waals surface area contributed by atoms with Crippen LogP contribution in [0.4, 0.5) is 0 Å². The molecule has 0 saturated carbocycles. The third-order valence-electron chi connectivity index (χ3n) is 3.08. The highest BCUT2D eigenvalue weighted by Crippen LogP contribution is 2.23. The Morgan fingerprint density at radius 1 is 1.32 bits per heavy atom. The van der Waals surface area contributed by atoms with Crippen LogP contribution in [0.25, 0.3) is 0 Å². The molecule has 19 heavy (non-hydrogen) atoms. The summed E-state index contributed by atoms with van der Waals surface area (Å²) < 4.78 is 5.45. The summed E-state index contributed by atoms with van der Waals surface area (Å²) >= 11 is 5.95. The Morgan fingerprint density at radius 3 is 2.63 bits per heavy atom. The molecular weight excluding hydrogens is 266 g/mol. The molecule has 1 aromatic rings. The number of para-hydroxylation sites is 1. The fourth-order valence-corrected chi connectivity index (χ4v) is 1.68. The van der Waals surface area contributed by atoms with Gasteiger partial charge in [-0.1, -0.05) is 30.7 Å². The van der Waals surface area contributed by atoms with Gasteiger partial charge in [0.1, 0.15) is 18.5 Å². The summed E-state index contributed by atoms with van der Waals surface area (Å²) in [6.45, 7) is 4.64. The Balaban J connectivity index is 2.28. The zero-order valence-electron chi connectivity index (χ0n) is 11.3. The minimum Gasteiger partial charge on any atom is -0.489 e. The Morgan fingerprint density at radius 2 is 2.00 bits per heavy atom. The van der Waals surface area contributed by atoms with Crippen LogP contribution in [-0.2, 0) is 0 Å². The summed E-state index contributed by atoms with van der Waals surface area (Å²) in [6, 6.07) is 7.30. The van der Waals surface area contributed by atoms with Crippen molar-refractivity contribution in [2.24, 2.45) is 5.92 Å². The smallest absolute Gasteiger partial charge is 0.138 e. The predicted molar refractivity (Wildman–Crippen MR) is 76.7 cm³/mol. The molecule has 0 fully saturated rings. The highest BCUT2D eigenvalue weighted by molar-refractivity contribution is 6.32. The minimum absolute atomic E-state index is 0.125. The molecule has 0 saturated heterocycles. The average molecular weight is 288 g/mol. The monoisotopic (exact) mass is 287 g/mol. The summed E-state index contributed by atoms with van der Waals surface area (Å²) in [5.41, 5.74) is 0. The molecule has 0 spiro atoms. The first kappa shape index (κ1) is 16.2. The SMILES string of the molecule is CC(CO)C(C)NCC(O)COc1ccccc1Cl. The summed E-state index contributed by atoms with van der Waals surface area (Å²) in [7, 11) is 0. The number of nitrogens with one attached hydrogen (secondary N) is 1. The minimum atomic E-state index is -0.621. The van der Waals surface area contributed by atoms with Gasteiger partial charge in [0.2, 0.25) is 0 Å². The van der Waals surface area contributed by atoms with Crippen LogP contribution in [0.15, 0.2) is 24.3 Å². The van der Waals surface area contributed by atoms with Crippen LogP contribution >= 0.6 is 11.6 Å². The fourth-order valence-electron chi connectivity index (χ4n) is 1.49. The first-order valence-electron chi connectivity index (χ1n) is 6.44. The Labute approximate surface area is 119 Å². The van der Waals surface area contributed by atoms with E-state index in [1.165, 1.54) is 0 Å². The zero-order chi connectivity index (χ0) is 14.3. The Kier molecular flexibility index (Phi) is 7.16. The molecule has 3 unspecified atom stereocenters. The van der Waals surface area contributed by atoms with E-state index in [4.69, 9.17) is 21.4 Å². The van der Waals surface area contributed by atoms with E-state index in [0.29, 0.717) is 17.3 Å². The molecular formula is C14H22ClNO3. The first-order valence-corrected chi connectivity index (χ1v) is 6.82. The number of rotatable bonds is 8. The topological polar surface area (TPSA) is 61.7 Å². The highest BCUT2D eigenvalue weighted by Gasteiger charge is 2.13. The van der Waals surface area contributed by atoms with Crippen LogP contribution in [-0.4, -0.2) is 42.1 Å². The van der Waals surface area contributed by atoms with Gasteiger partial charge in [-0.2, -0.15) is 0 Å². The van der Waals surface area contributed by atoms with Gasteiger partial charge in [-0.3, -0.25) is 0 Å². The second-order valence-electron chi connectivity index (χ2n) is 4.75. The summed E-state index contributed by atoms with van der Waals surface area (Å²) in [5.74, 6) is 0.719. The number of halogens is 1. The number of hydrogen-bond donors (Lipinski definition) is 3. The largest absolute Gasteiger partial charge is 0.489 e. The molecule has 0 aromatic heterocycles. The van der Waals surface area contributed by atoms with Crippen LogP contribution in [0, 0.1) is 5.92 Å². The predicted octanol–water partition coefficient (Wildman–Crippen LogP) is 1.69. The number of benzene rings is 1. The lowest BCUT2D eigenvalue weighted by molar-refractivity contribution is 0.0993. The Hall–Kier alpha value is -0.810. The zero-order valence-corrected chi connectivity index (χ0v) is 12.1. The molecule has 0 bridgehead atoms. The average Bonchev–Trinajstić information content (AvgIpc) is 2.42. The van der Waals surface area contributed by atoms with Gasteiger partial charge in [0, 0.05) is 19.2 Å². The molecule has 1 aromatic carbocycles. The molecule has 0 aliphatic carbocycles. The molecule has 3 N–H and O–H groups in total. The van der Waals surface area contributed by atoms with E-state index < -0.39 is 6.10 Å². The number of aliphatic hydroxyl groups is 2. The third kappa shape index (κ3) is 5.78. The maximum atomic E-state index is 9.81. The van der Waals surface area contributed by atoms with Crippen molar-refractivity contribution in [2.75, 3.05) is 19.8 Å². The number of hydrogen-bond acceptors (Lipinski definition) is 4. The van der Waals surface area contributed by atoms with Gasteiger partial charge < -0.3 is 20.3 Å². The quantitative estimate of drug-likeness (QED) is 0.681. The standard InChI is InChI=1S/C14H22ClNO3/c1-10(8-17)11(2)16-7-12(18)9-19-14-6-4-3-5-13(14)15/h3-6,10-12,16-18H,7-9H2,1-2H3. The van der Waals surface area contributed by atoms with Gasteiger partial charge in [0.05, 0.1) is 5.02 Å². The van der Waals surface area contributed by atoms with Crippen molar-refractivity contribution >= 4 is 11.6 Å². The first-order chi connectivity index (χ1) is 9.04. The Bertz CT molecular complexity index is 375. The van der Waals surface area contributed by atoms with E-state index in [0.717, 1.165) is 0 Å². The molecule has 0 heterocycles. The van der Waals surface area contributed by atoms with E-state index in [1.54, 1.807) is 12.1 Å². The number of aliphatic hydroxyl groups excluding tert-OH is 2. The van der Waals surface area contributed by atoms with Crippen molar-refractivity contribution in [3.05, 3.63) is 29.3 Å². The summed E-state index contributed by atoms with van der Waals surface area (Å²) in [6.07, 6.45) is -0.621. The van der Waals surface area contributed by atoms with Crippen molar-refractivity contribution in [2.45, 2.75) is 26.0 Å².